The summed E-state index contributed by atoms with van der Waals surface area (Å²) in [5.41, 5.74) is 0. The Morgan fingerprint density at radius 3 is 2.32 bits per heavy atom. The van der Waals surface area contributed by atoms with Crippen molar-refractivity contribution >= 4 is 69.6 Å². The predicted octanol–water partition coefficient (Wildman–Crippen LogP) is 4.79. The van der Waals surface area contributed by atoms with E-state index < -0.39 is 14.1 Å². The second-order valence-corrected chi connectivity index (χ2v) is 8.79. The van der Waals surface area contributed by atoms with Crippen molar-refractivity contribution in [1.29, 1.82) is 0 Å². The van der Waals surface area contributed by atoms with Gasteiger partial charge in [0, 0.05) is 5.92 Å². The molecule has 1 aliphatic heterocycles. The molecule has 0 amide bonds. The van der Waals surface area contributed by atoms with Gasteiger partial charge < -0.3 is 4.74 Å². The molecule has 19 heavy (non-hydrogen) atoms. The fourth-order valence-electron chi connectivity index (χ4n) is 3.71. The van der Waals surface area contributed by atoms with Gasteiger partial charge in [0.1, 0.15) is 15.9 Å². The van der Waals surface area contributed by atoms with E-state index in [0.29, 0.717) is 0 Å². The van der Waals surface area contributed by atoms with E-state index in [9.17, 15) is 0 Å². The maximum absolute atomic E-state index is 6.74. The van der Waals surface area contributed by atoms with Crippen molar-refractivity contribution < 1.29 is 4.74 Å². The zero-order chi connectivity index (χ0) is 13.8. The van der Waals surface area contributed by atoms with E-state index in [1.807, 2.05) is 12.2 Å². The second-order valence-electron chi connectivity index (χ2n) is 5.52. The average molecular weight is 381 g/mol. The van der Waals surface area contributed by atoms with Crippen molar-refractivity contribution in [3.05, 3.63) is 22.2 Å². The number of fused-ring (bicyclic) bond motifs is 6. The van der Waals surface area contributed by atoms with Crippen LogP contribution in [-0.2, 0) is 4.74 Å². The minimum Gasteiger partial charge on any atom is -0.365 e. The Morgan fingerprint density at radius 2 is 1.63 bits per heavy atom. The van der Waals surface area contributed by atoms with Gasteiger partial charge in [0.25, 0.3) is 0 Å². The highest BCUT2D eigenvalue weighted by molar-refractivity contribution is 6.65. The predicted molar refractivity (Wildman–Crippen MR) is 79.7 cm³/mol. The first-order chi connectivity index (χ1) is 8.76. The summed E-state index contributed by atoms with van der Waals surface area (Å²) in [6.07, 6.45) is 4.98. The van der Waals surface area contributed by atoms with E-state index in [4.69, 9.17) is 74.3 Å². The normalized spacial score (nSPS) is 56.9. The Balaban J connectivity index is 1.95. The van der Waals surface area contributed by atoms with Crippen molar-refractivity contribution in [2.24, 2.45) is 11.8 Å². The van der Waals surface area contributed by atoms with Crippen molar-refractivity contribution in [3.63, 3.8) is 0 Å². The van der Waals surface area contributed by atoms with Gasteiger partial charge in [-0.1, -0.05) is 58.6 Å². The molecule has 0 aromatic rings. The topological polar surface area (TPSA) is 12.5 Å². The summed E-state index contributed by atoms with van der Waals surface area (Å²) in [6, 6.07) is 0. The third-order valence-corrected chi connectivity index (χ3v) is 9.09. The Morgan fingerprint density at radius 1 is 1.00 bits per heavy atom. The Labute approximate surface area is 140 Å². The lowest BCUT2D eigenvalue weighted by Gasteiger charge is -2.34. The van der Waals surface area contributed by atoms with Gasteiger partial charge in [0.05, 0.1) is 16.2 Å². The SMILES string of the molecule is ClC1=C(Cl)[C@@]2(Cl)[C@H]3C[C@H]4O[C@@H]4C=C[C@@H]3[C@@]1(Cl)C2(Cl)Cl. The maximum atomic E-state index is 6.74. The summed E-state index contributed by atoms with van der Waals surface area (Å²) in [5, 5.41) is 0.530. The van der Waals surface area contributed by atoms with Crippen molar-refractivity contribution in [3.8, 4) is 0 Å². The first kappa shape index (κ1) is 13.8. The molecule has 1 nitrogen and oxygen atoms in total. The highest BCUT2D eigenvalue weighted by Crippen LogP contribution is 2.77. The Kier molecular flexibility index (Phi) is 2.72. The quantitative estimate of drug-likeness (QED) is 0.334. The monoisotopic (exact) mass is 378 g/mol. The van der Waals surface area contributed by atoms with E-state index >= 15 is 0 Å². The second kappa shape index (κ2) is 3.74. The lowest BCUT2D eigenvalue weighted by molar-refractivity contribution is 0.293. The van der Waals surface area contributed by atoms with E-state index in [1.165, 1.54) is 0 Å². The summed E-state index contributed by atoms with van der Waals surface area (Å²) in [5.74, 6) is -0.238. The molecule has 0 unspecified atom stereocenters. The molecule has 2 bridgehead atoms. The minimum absolute atomic E-state index is 0.0922. The number of rotatable bonds is 0. The highest BCUT2D eigenvalue weighted by atomic mass is 35.5. The number of allylic oxidation sites excluding steroid dienone is 3. The molecule has 7 heteroatoms. The Hall–Kier alpha value is 1.18. The Bertz CT molecular complexity index is 542. The van der Waals surface area contributed by atoms with Crippen molar-refractivity contribution in [2.45, 2.75) is 32.7 Å². The molecule has 0 aromatic heterocycles. The number of hydrogen-bond donors (Lipinski definition) is 0. The van der Waals surface area contributed by atoms with Crippen molar-refractivity contribution in [2.75, 3.05) is 0 Å². The lowest BCUT2D eigenvalue weighted by Crippen LogP contribution is -2.44. The zero-order valence-electron chi connectivity index (χ0n) is 9.35. The van der Waals surface area contributed by atoms with Crippen LogP contribution in [0.4, 0.5) is 0 Å². The van der Waals surface area contributed by atoms with E-state index in [1.54, 1.807) is 0 Å². The van der Waals surface area contributed by atoms with Gasteiger partial charge in [0.2, 0.25) is 0 Å². The van der Waals surface area contributed by atoms with Crippen LogP contribution >= 0.6 is 69.6 Å². The molecular weight excluding hydrogens is 373 g/mol. The zero-order valence-corrected chi connectivity index (χ0v) is 13.9. The van der Waals surface area contributed by atoms with Crippen LogP contribution in [-0.4, -0.2) is 26.3 Å². The molecule has 3 aliphatic carbocycles. The molecular formula is C12H8Cl6O. The van der Waals surface area contributed by atoms with Gasteiger partial charge in [-0.2, -0.15) is 0 Å². The van der Waals surface area contributed by atoms with E-state index in [-0.39, 0.29) is 34.1 Å². The van der Waals surface area contributed by atoms with Crippen molar-refractivity contribution in [1.82, 2.24) is 0 Å². The molecule has 4 aliphatic rings. The largest absolute Gasteiger partial charge is 0.365 e. The van der Waals surface area contributed by atoms with Crippen LogP contribution in [0.1, 0.15) is 6.42 Å². The van der Waals surface area contributed by atoms with Crippen LogP contribution in [0.15, 0.2) is 22.2 Å². The smallest absolute Gasteiger partial charge is 0.167 e. The number of alkyl halides is 4. The van der Waals surface area contributed by atoms with Crippen LogP contribution < -0.4 is 0 Å². The molecule has 1 heterocycles. The molecule has 2 fully saturated rings. The first-order valence-electron chi connectivity index (χ1n) is 5.92. The molecule has 104 valence electrons. The summed E-state index contributed by atoms with van der Waals surface area (Å²) in [4.78, 5) is -2.33. The number of halogens is 6. The molecule has 0 aromatic carbocycles. The summed E-state index contributed by atoms with van der Waals surface area (Å²) in [6.45, 7) is 0. The van der Waals surface area contributed by atoms with Gasteiger partial charge in [-0.05, 0) is 12.3 Å². The van der Waals surface area contributed by atoms with Crippen LogP contribution in [0.5, 0.6) is 0 Å². The number of epoxide rings is 1. The van der Waals surface area contributed by atoms with Gasteiger partial charge in [-0.25, -0.2) is 0 Å². The third-order valence-electron chi connectivity index (χ3n) is 4.77. The highest BCUT2D eigenvalue weighted by Gasteiger charge is 2.82. The molecule has 0 spiro atoms. The molecule has 0 radical (unpaired) electrons. The van der Waals surface area contributed by atoms with Crippen LogP contribution in [0.2, 0.25) is 0 Å². The lowest BCUT2D eigenvalue weighted by atomic mass is 9.80. The van der Waals surface area contributed by atoms with Crippen LogP contribution in [0.3, 0.4) is 0 Å². The van der Waals surface area contributed by atoms with E-state index in [2.05, 4.69) is 0 Å². The number of hydrogen-bond acceptors (Lipinski definition) is 1. The average Bonchev–Trinajstić information content (AvgIpc) is 3.06. The maximum Gasteiger partial charge on any atom is 0.167 e. The summed E-state index contributed by atoms with van der Waals surface area (Å²) >= 11 is 39.1. The molecule has 1 saturated heterocycles. The standard InChI is InChI=1S/C12H8Cl6O/c13-8-9(14)11(16)5-3-7-6(19-7)2-1-4(5)10(8,15)12(11,17)18/h1-2,4-7H,3H2/t4-,5-,6+,7+,10-,11-/m0/s1. The molecule has 6 atom stereocenters. The number of ether oxygens (including phenoxy) is 1. The summed E-state index contributed by atoms with van der Waals surface area (Å²) < 4.78 is 4.07. The third kappa shape index (κ3) is 1.29. The fourth-order valence-corrected chi connectivity index (χ4v) is 6.74. The fraction of sp³-hybridized carbons (Fsp3) is 0.667. The van der Waals surface area contributed by atoms with Crippen LogP contribution in [0.25, 0.3) is 0 Å². The van der Waals surface area contributed by atoms with Crippen LogP contribution in [0, 0.1) is 11.8 Å². The van der Waals surface area contributed by atoms with E-state index in [0.717, 1.165) is 6.42 Å². The first-order valence-corrected chi connectivity index (χ1v) is 8.18. The molecule has 1 saturated carbocycles. The van der Waals surface area contributed by atoms with Gasteiger partial charge in [-0.15, -0.1) is 23.2 Å². The molecule has 4 rings (SSSR count). The van der Waals surface area contributed by atoms with Gasteiger partial charge in [0.15, 0.2) is 4.33 Å². The van der Waals surface area contributed by atoms with Gasteiger partial charge in [-0.3, -0.25) is 0 Å². The van der Waals surface area contributed by atoms with Gasteiger partial charge >= 0.3 is 0 Å². The minimum atomic E-state index is -1.45. The summed E-state index contributed by atoms with van der Waals surface area (Å²) in [7, 11) is 0. The molecule has 0 N–H and O–H groups in total.